The molecule has 2 aliphatic rings. The SMILES string of the molecule is CCNC(=NCC1(C)CCCO1)NCCc1ccc(OCC(=O)NC2CC2)cc1.I. The number of hydrogen-bond acceptors (Lipinski definition) is 4. The average Bonchev–Trinajstić information content (AvgIpc) is 3.43. The molecule has 30 heavy (non-hydrogen) atoms. The van der Waals surface area contributed by atoms with Crippen molar-refractivity contribution in [3.63, 3.8) is 0 Å². The van der Waals surface area contributed by atoms with E-state index < -0.39 is 0 Å². The Morgan fingerprint density at radius 3 is 2.67 bits per heavy atom. The summed E-state index contributed by atoms with van der Waals surface area (Å²) in [6, 6.07) is 8.26. The van der Waals surface area contributed by atoms with Gasteiger partial charge in [-0.3, -0.25) is 9.79 Å². The maximum Gasteiger partial charge on any atom is 0.258 e. The number of guanidine groups is 1. The molecule has 1 aromatic carbocycles. The second-order valence-corrected chi connectivity index (χ2v) is 8.05. The minimum absolute atomic E-state index is 0. The van der Waals surface area contributed by atoms with Crippen LogP contribution < -0.4 is 20.7 Å². The van der Waals surface area contributed by atoms with Crippen LogP contribution in [0.4, 0.5) is 0 Å². The molecular weight excluding hydrogens is 495 g/mol. The second kappa shape index (κ2) is 12.3. The van der Waals surface area contributed by atoms with E-state index in [0.29, 0.717) is 18.3 Å². The molecule has 168 valence electrons. The van der Waals surface area contributed by atoms with Gasteiger partial charge in [0.25, 0.3) is 5.91 Å². The fourth-order valence-electron chi connectivity index (χ4n) is 3.27. The van der Waals surface area contributed by atoms with Crippen molar-refractivity contribution in [2.24, 2.45) is 4.99 Å². The minimum Gasteiger partial charge on any atom is -0.484 e. The van der Waals surface area contributed by atoms with E-state index in [1.54, 1.807) is 0 Å². The van der Waals surface area contributed by atoms with Gasteiger partial charge in [0.05, 0.1) is 12.1 Å². The molecule has 1 unspecified atom stereocenters. The number of benzene rings is 1. The summed E-state index contributed by atoms with van der Waals surface area (Å²) in [4.78, 5) is 16.4. The highest BCUT2D eigenvalue weighted by atomic mass is 127. The maximum absolute atomic E-state index is 11.7. The van der Waals surface area contributed by atoms with E-state index in [1.807, 2.05) is 24.3 Å². The Kier molecular flexibility index (Phi) is 10.2. The van der Waals surface area contributed by atoms with Gasteiger partial charge in [-0.1, -0.05) is 12.1 Å². The molecule has 1 heterocycles. The topological polar surface area (TPSA) is 84.0 Å². The van der Waals surface area contributed by atoms with Crippen molar-refractivity contribution in [2.75, 3.05) is 32.8 Å². The van der Waals surface area contributed by atoms with Crippen molar-refractivity contribution in [1.82, 2.24) is 16.0 Å². The van der Waals surface area contributed by atoms with Gasteiger partial charge in [-0.05, 0) is 63.6 Å². The number of hydrogen-bond donors (Lipinski definition) is 3. The number of amides is 1. The van der Waals surface area contributed by atoms with Gasteiger partial charge in [-0.25, -0.2) is 0 Å². The Hall–Kier alpha value is -1.55. The van der Waals surface area contributed by atoms with Crippen molar-refractivity contribution in [1.29, 1.82) is 0 Å². The van der Waals surface area contributed by atoms with E-state index in [4.69, 9.17) is 9.47 Å². The van der Waals surface area contributed by atoms with Crippen LogP contribution in [0.15, 0.2) is 29.3 Å². The Morgan fingerprint density at radius 1 is 1.27 bits per heavy atom. The number of aliphatic imine (C=N–C) groups is 1. The molecular formula is C22H35IN4O3. The molecule has 3 N–H and O–H groups in total. The summed E-state index contributed by atoms with van der Waals surface area (Å²) in [7, 11) is 0. The first-order chi connectivity index (χ1) is 14.1. The first-order valence-corrected chi connectivity index (χ1v) is 10.7. The Labute approximate surface area is 196 Å². The lowest BCUT2D eigenvalue weighted by molar-refractivity contribution is -0.123. The number of nitrogens with one attached hydrogen (secondary N) is 3. The van der Waals surface area contributed by atoms with E-state index in [0.717, 1.165) is 57.8 Å². The molecule has 1 atom stereocenters. The van der Waals surface area contributed by atoms with Gasteiger partial charge in [-0.2, -0.15) is 0 Å². The summed E-state index contributed by atoms with van der Waals surface area (Å²) in [5, 5.41) is 9.60. The first-order valence-electron chi connectivity index (χ1n) is 10.7. The van der Waals surface area contributed by atoms with Gasteiger partial charge in [0.15, 0.2) is 12.6 Å². The van der Waals surface area contributed by atoms with Crippen LogP contribution in [-0.2, 0) is 16.0 Å². The van der Waals surface area contributed by atoms with Crippen molar-refractivity contribution in [2.45, 2.75) is 57.6 Å². The van der Waals surface area contributed by atoms with Gasteiger partial charge in [-0.15, -0.1) is 24.0 Å². The summed E-state index contributed by atoms with van der Waals surface area (Å²) in [6.07, 6.45) is 5.22. The Balaban J connectivity index is 0.00000320. The lowest BCUT2D eigenvalue weighted by atomic mass is 10.0. The number of halogens is 1. The molecule has 1 aromatic rings. The van der Waals surface area contributed by atoms with Crippen LogP contribution in [0.2, 0.25) is 0 Å². The molecule has 1 aliphatic heterocycles. The van der Waals surface area contributed by atoms with E-state index in [2.05, 4.69) is 34.8 Å². The van der Waals surface area contributed by atoms with Gasteiger partial charge in [0, 0.05) is 25.7 Å². The molecule has 0 aromatic heterocycles. The summed E-state index contributed by atoms with van der Waals surface area (Å²) < 4.78 is 11.4. The number of nitrogens with zero attached hydrogens (tertiary/aromatic N) is 1. The zero-order valence-electron chi connectivity index (χ0n) is 18.0. The quantitative estimate of drug-likeness (QED) is 0.246. The molecule has 1 saturated carbocycles. The zero-order chi connectivity index (χ0) is 20.5. The molecule has 1 amide bonds. The highest BCUT2D eigenvalue weighted by molar-refractivity contribution is 14.0. The van der Waals surface area contributed by atoms with Crippen LogP contribution >= 0.6 is 24.0 Å². The molecule has 0 bridgehead atoms. The number of carbonyl (C=O) groups is 1. The van der Waals surface area contributed by atoms with Crippen LogP contribution in [0.5, 0.6) is 5.75 Å². The molecule has 8 heteroatoms. The monoisotopic (exact) mass is 530 g/mol. The van der Waals surface area contributed by atoms with E-state index in [1.165, 1.54) is 5.56 Å². The lowest BCUT2D eigenvalue weighted by Gasteiger charge is -2.21. The van der Waals surface area contributed by atoms with Crippen LogP contribution in [0.25, 0.3) is 0 Å². The predicted molar refractivity (Wildman–Crippen MR) is 130 cm³/mol. The molecule has 1 aliphatic carbocycles. The standard InChI is InChI=1S/C22H34N4O3.HI/c1-3-23-21(25-16-22(2)12-4-14-29-22)24-13-11-17-5-9-19(10-6-17)28-15-20(27)26-18-7-8-18;/h5-6,9-10,18H,3-4,7-8,11-16H2,1-2H3,(H,26,27)(H2,23,24,25);1H. The Bertz CT molecular complexity index is 686. The summed E-state index contributed by atoms with van der Waals surface area (Å²) in [5.74, 6) is 1.49. The highest BCUT2D eigenvalue weighted by Crippen LogP contribution is 2.25. The van der Waals surface area contributed by atoms with Gasteiger partial charge in [0.2, 0.25) is 0 Å². The number of carbonyl (C=O) groups excluding carboxylic acids is 1. The molecule has 2 fully saturated rings. The fourth-order valence-corrected chi connectivity index (χ4v) is 3.27. The molecule has 0 radical (unpaired) electrons. The molecule has 7 nitrogen and oxygen atoms in total. The van der Waals surface area contributed by atoms with E-state index in [9.17, 15) is 4.79 Å². The third-order valence-electron chi connectivity index (χ3n) is 5.16. The largest absolute Gasteiger partial charge is 0.484 e. The summed E-state index contributed by atoms with van der Waals surface area (Å²) in [5.41, 5.74) is 1.07. The smallest absolute Gasteiger partial charge is 0.258 e. The van der Waals surface area contributed by atoms with Gasteiger partial charge in [0.1, 0.15) is 5.75 Å². The first kappa shape index (κ1) is 24.7. The van der Waals surface area contributed by atoms with Crippen molar-refractivity contribution >= 4 is 35.8 Å². The highest BCUT2D eigenvalue weighted by Gasteiger charge is 2.29. The summed E-state index contributed by atoms with van der Waals surface area (Å²) >= 11 is 0. The van der Waals surface area contributed by atoms with Crippen LogP contribution in [0.3, 0.4) is 0 Å². The third kappa shape index (κ3) is 8.67. The van der Waals surface area contributed by atoms with Crippen molar-refractivity contribution in [3.8, 4) is 5.75 Å². The van der Waals surface area contributed by atoms with Gasteiger partial charge >= 0.3 is 0 Å². The number of ether oxygens (including phenoxy) is 2. The zero-order valence-corrected chi connectivity index (χ0v) is 20.4. The van der Waals surface area contributed by atoms with E-state index >= 15 is 0 Å². The van der Waals surface area contributed by atoms with Gasteiger partial charge < -0.3 is 25.4 Å². The second-order valence-electron chi connectivity index (χ2n) is 8.05. The molecule has 3 rings (SSSR count). The maximum atomic E-state index is 11.7. The van der Waals surface area contributed by atoms with Crippen LogP contribution in [0.1, 0.15) is 45.1 Å². The van der Waals surface area contributed by atoms with Crippen molar-refractivity contribution in [3.05, 3.63) is 29.8 Å². The number of rotatable bonds is 10. The lowest BCUT2D eigenvalue weighted by Crippen LogP contribution is -2.40. The third-order valence-corrected chi connectivity index (χ3v) is 5.16. The average molecular weight is 530 g/mol. The minimum atomic E-state index is -0.131. The summed E-state index contributed by atoms with van der Waals surface area (Å²) in [6.45, 7) is 7.38. The van der Waals surface area contributed by atoms with Crippen molar-refractivity contribution < 1.29 is 14.3 Å². The predicted octanol–water partition coefficient (Wildman–Crippen LogP) is 2.63. The van der Waals surface area contributed by atoms with Crippen LogP contribution in [-0.4, -0.2) is 56.4 Å². The Morgan fingerprint density at radius 2 is 2.03 bits per heavy atom. The fraction of sp³-hybridized carbons (Fsp3) is 0.636. The normalized spacial score (nSPS) is 20.9. The molecule has 1 saturated heterocycles. The van der Waals surface area contributed by atoms with E-state index in [-0.39, 0.29) is 42.1 Å². The molecule has 0 spiro atoms. The van der Waals surface area contributed by atoms with Crippen LogP contribution in [0, 0.1) is 0 Å².